The number of aromatic nitrogens is 3. The lowest BCUT2D eigenvalue weighted by molar-refractivity contribution is 0.738. The Balaban J connectivity index is 2.90. The van der Waals surface area contributed by atoms with Gasteiger partial charge in [-0.05, 0) is 19.1 Å². The second kappa shape index (κ2) is 3.92. The molecule has 0 N–H and O–H groups in total. The minimum absolute atomic E-state index is 0.225. The first kappa shape index (κ1) is 10.6. The number of nitrogens with zero attached hydrogens (tertiary/aromatic N) is 4. The average molecular weight is 218 g/mol. The number of hydrogen-bond donors (Lipinski definition) is 0. The summed E-state index contributed by atoms with van der Waals surface area (Å²) in [6.07, 6.45) is 1.69. The van der Waals surface area contributed by atoms with Crippen LogP contribution in [0, 0.1) is 0 Å². The van der Waals surface area contributed by atoms with Crippen molar-refractivity contribution in [2.45, 2.75) is 13.5 Å². The fraction of sp³-hybridized carbons (Fsp3) is 0.364. The summed E-state index contributed by atoms with van der Waals surface area (Å²) in [5, 5.41) is 0.565. The minimum Gasteiger partial charge on any atom is -0.348 e. The lowest BCUT2D eigenvalue weighted by atomic mass is 10.3. The van der Waals surface area contributed by atoms with Gasteiger partial charge in [-0.15, -0.1) is 0 Å². The van der Waals surface area contributed by atoms with E-state index >= 15 is 0 Å². The molecule has 0 atom stereocenters. The van der Waals surface area contributed by atoms with Crippen LogP contribution in [0.15, 0.2) is 23.1 Å². The number of aryl methyl sites for hydroxylation is 1. The van der Waals surface area contributed by atoms with E-state index in [0.29, 0.717) is 17.0 Å². The molecule has 0 unspecified atom stereocenters. The molecule has 0 radical (unpaired) electrons. The Morgan fingerprint density at radius 2 is 2.19 bits per heavy atom. The van der Waals surface area contributed by atoms with Crippen LogP contribution in [0.5, 0.6) is 0 Å². The van der Waals surface area contributed by atoms with Gasteiger partial charge in [-0.25, -0.2) is 4.98 Å². The number of rotatable bonds is 2. The largest absolute Gasteiger partial charge is 0.348 e. The summed E-state index contributed by atoms with van der Waals surface area (Å²) in [5.74, 6) is 0.638. The Morgan fingerprint density at radius 3 is 2.81 bits per heavy atom. The molecule has 0 bridgehead atoms. The molecule has 0 aliphatic rings. The predicted molar refractivity (Wildman–Crippen MR) is 63.8 cm³/mol. The van der Waals surface area contributed by atoms with E-state index in [0.717, 1.165) is 6.54 Å². The van der Waals surface area contributed by atoms with E-state index in [1.807, 2.05) is 30.5 Å². The molecule has 5 nitrogen and oxygen atoms in total. The monoisotopic (exact) mass is 218 g/mol. The van der Waals surface area contributed by atoms with Gasteiger partial charge in [0, 0.05) is 26.8 Å². The fourth-order valence-corrected chi connectivity index (χ4v) is 1.72. The second-order valence-corrected chi connectivity index (χ2v) is 3.73. The van der Waals surface area contributed by atoms with Gasteiger partial charge >= 0.3 is 0 Å². The van der Waals surface area contributed by atoms with Crippen molar-refractivity contribution < 1.29 is 0 Å². The maximum atomic E-state index is 11.8. The average Bonchev–Trinajstić information content (AvgIpc) is 2.29. The third kappa shape index (κ3) is 1.54. The predicted octanol–water partition coefficient (Wildman–Crippen LogP) is 0.877. The van der Waals surface area contributed by atoms with Crippen molar-refractivity contribution >= 4 is 17.0 Å². The SMILES string of the molecule is CCn1c(N(C)C)nc(=O)c2cccnc21. The van der Waals surface area contributed by atoms with Crippen molar-refractivity contribution in [3.63, 3.8) is 0 Å². The van der Waals surface area contributed by atoms with Crippen molar-refractivity contribution in [1.82, 2.24) is 14.5 Å². The molecule has 2 heterocycles. The van der Waals surface area contributed by atoms with Crippen LogP contribution in [-0.4, -0.2) is 28.6 Å². The summed E-state index contributed by atoms with van der Waals surface area (Å²) in [5.41, 5.74) is 0.463. The molecule has 2 rings (SSSR count). The number of hydrogen-bond acceptors (Lipinski definition) is 4. The molecule has 2 aromatic rings. The molecular formula is C11H14N4O. The van der Waals surface area contributed by atoms with Crippen molar-refractivity contribution in [2.24, 2.45) is 0 Å². The highest BCUT2D eigenvalue weighted by Crippen LogP contribution is 2.13. The molecule has 0 aliphatic heterocycles. The Bertz CT molecular complexity index is 574. The first-order chi connectivity index (χ1) is 7.65. The standard InChI is InChI=1S/C11H14N4O/c1-4-15-9-8(6-5-7-12-9)10(16)13-11(15)14(2)3/h5-7H,4H2,1-3H3. The molecule has 2 aromatic heterocycles. The summed E-state index contributed by atoms with van der Waals surface area (Å²) >= 11 is 0. The van der Waals surface area contributed by atoms with Crippen molar-refractivity contribution in [3.05, 3.63) is 28.7 Å². The summed E-state index contributed by atoms with van der Waals surface area (Å²) in [4.78, 5) is 21.9. The lowest BCUT2D eigenvalue weighted by Crippen LogP contribution is -2.24. The van der Waals surface area contributed by atoms with Crippen LogP contribution in [0.1, 0.15) is 6.92 Å². The number of fused-ring (bicyclic) bond motifs is 1. The van der Waals surface area contributed by atoms with Gasteiger partial charge in [-0.2, -0.15) is 4.98 Å². The van der Waals surface area contributed by atoms with Gasteiger partial charge in [-0.1, -0.05) is 0 Å². The van der Waals surface area contributed by atoms with Crippen LogP contribution in [-0.2, 0) is 6.54 Å². The van der Waals surface area contributed by atoms with E-state index in [-0.39, 0.29) is 5.56 Å². The molecule has 5 heteroatoms. The zero-order chi connectivity index (χ0) is 11.7. The topological polar surface area (TPSA) is 51.0 Å². The first-order valence-electron chi connectivity index (χ1n) is 5.18. The molecule has 0 aliphatic carbocycles. The summed E-state index contributed by atoms with van der Waals surface area (Å²) in [6, 6.07) is 3.50. The molecule has 0 amide bonds. The van der Waals surface area contributed by atoms with Crippen molar-refractivity contribution in [3.8, 4) is 0 Å². The zero-order valence-corrected chi connectivity index (χ0v) is 9.64. The third-order valence-corrected chi connectivity index (χ3v) is 2.43. The van der Waals surface area contributed by atoms with E-state index in [1.165, 1.54) is 0 Å². The number of anilines is 1. The van der Waals surface area contributed by atoms with Crippen LogP contribution < -0.4 is 10.5 Å². The molecule has 84 valence electrons. The van der Waals surface area contributed by atoms with Gasteiger partial charge < -0.3 is 4.90 Å². The third-order valence-electron chi connectivity index (χ3n) is 2.43. The van der Waals surface area contributed by atoms with Gasteiger partial charge in [0.1, 0.15) is 5.65 Å². The highest BCUT2D eigenvalue weighted by Gasteiger charge is 2.11. The summed E-state index contributed by atoms with van der Waals surface area (Å²) < 4.78 is 1.93. The van der Waals surface area contributed by atoms with Gasteiger partial charge in [0.25, 0.3) is 5.56 Å². The van der Waals surface area contributed by atoms with E-state index in [2.05, 4.69) is 9.97 Å². The van der Waals surface area contributed by atoms with Gasteiger partial charge in [0.2, 0.25) is 5.95 Å². The van der Waals surface area contributed by atoms with E-state index in [4.69, 9.17) is 0 Å². The quantitative estimate of drug-likeness (QED) is 0.750. The molecule has 0 fully saturated rings. The molecule has 0 spiro atoms. The molecular weight excluding hydrogens is 204 g/mol. The van der Waals surface area contributed by atoms with Crippen LogP contribution in [0.25, 0.3) is 11.0 Å². The smallest absolute Gasteiger partial charge is 0.283 e. The van der Waals surface area contributed by atoms with E-state index in [1.54, 1.807) is 18.3 Å². The first-order valence-corrected chi connectivity index (χ1v) is 5.18. The van der Waals surface area contributed by atoms with E-state index in [9.17, 15) is 4.79 Å². The lowest BCUT2D eigenvalue weighted by Gasteiger charge is -2.18. The highest BCUT2D eigenvalue weighted by molar-refractivity contribution is 5.75. The molecule has 0 aromatic carbocycles. The Hall–Kier alpha value is -1.91. The molecule has 0 saturated carbocycles. The summed E-state index contributed by atoms with van der Waals surface area (Å²) in [7, 11) is 3.73. The van der Waals surface area contributed by atoms with Gasteiger partial charge in [0.15, 0.2) is 0 Å². The van der Waals surface area contributed by atoms with Crippen molar-refractivity contribution in [2.75, 3.05) is 19.0 Å². The maximum absolute atomic E-state index is 11.8. The van der Waals surface area contributed by atoms with Gasteiger partial charge in [-0.3, -0.25) is 9.36 Å². The van der Waals surface area contributed by atoms with Crippen molar-refractivity contribution in [1.29, 1.82) is 0 Å². The van der Waals surface area contributed by atoms with Gasteiger partial charge in [0.05, 0.1) is 5.39 Å². The summed E-state index contributed by atoms with van der Waals surface area (Å²) in [6.45, 7) is 2.74. The molecule has 0 saturated heterocycles. The maximum Gasteiger partial charge on any atom is 0.283 e. The van der Waals surface area contributed by atoms with Crippen LogP contribution in [0.3, 0.4) is 0 Å². The second-order valence-electron chi connectivity index (χ2n) is 3.73. The minimum atomic E-state index is -0.225. The van der Waals surface area contributed by atoms with Crippen LogP contribution >= 0.6 is 0 Å². The Labute approximate surface area is 93.4 Å². The van der Waals surface area contributed by atoms with Crippen LogP contribution in [0.4, 0.5) is 5.95 Å². The zero-order valence-electron chi connectivity index (χ0n) is 9.64. The Morgan fingerprint density at radius 1 is 1.44 bits per heavy atom. The van der Waals surface area contributed by atoms with Crippen LogP contribution in [0.2, 0.25) is 0 Å². The fourth-order valence-electron chi connectivity index (χ4n) is 1.72. The Kier molecular flexibility index (Phi) is 2.60. The number of pyridine rings is 1. The highest BCUT2D eigenvalue weighted by atomic mass is 16.1. The molecule has 16 heavy (non-hydrogen) atoms. The normalized spacial score (nSPS) is 10.7. The van der Waals surface area contributed by atoms with E-state index < -0.39 is 0 Å².